The zero-order chi connectivity index (χ0) is 13.0. The third-order valence-corrected chi connectivity index (χ3v) is 3.96. The summed E-state index contributed by atoms with van der Waals surface area (Å²) in [6, 6.07) is 5.39. The third-order valence-electron chi connectivity index (χ3n) is 3.11. The van der Waals surface area contributed by atoms with Gasteiger partial charge in [-0.25, -0.2) is 0 Å². The fourth-order valence-electron chi connectivity index (χ4n) is 2.05. The molecule has 2 N–H and O–H groups in total. The van der Waals surface area contributed by atoms with Gasteiger partial charge in [0.05, 0.1) is 16.1 Å². The molecule has 0 radical (unpaired) electrons. The molecule has 0 saturated carbocycles. The monoisotopic (exact) mass is 286 g/mol. The van der Waals surface area contributed by atoms with Gasteiger partial charge in [0.25, 0.3) is 0 Å². The number of carbonyl (C=O) groups excluding carboxylic acids is 1. The summed E-state index contributed by atoms with van der Waals surface area (Å²) in [5, 5.41) is 7.24. The molecule has 98 valence electrons. The highest BCUT2D eigenvalue weighted by molar-refractivity contribution is 6.42. The molecule has 0 spiro atoms. The van der Waals surface area contributed by atoms with Crippen LogP contribution in [0.5, 0.6) is 0 Å². The van der Waals surface area contributed by atoms with Crippen molar-refractivity contribution in [2.24, 2.45) is 0 Å². The molecule has 1 heterocycles. The third kappa shape index (κ3) is 3.37. The highest BCUT2D eigenvalue weighted by Crippen LogP contribution is 2.25. The van der Waals surface area contributed by atoms with E-state index in [1.807, 2.05) is 12.1 Å². The van der Waals surface area contributed by atoms with Crippen molar-refractivity contribution in [1.29, 1.82) is 0 Å². The van der Waals surface area contributed by atoms with Gasteiger partial charge in [-0.1, -0.05) is 35.3 Å². The fraction of sp³-hybridized carbons (Fsp3) is 0.462. The molecule has 0 bridgehead atoms. The number of halogens is 2. The smallest absolute Gasteiger partial charge is 0.237 e. The van der Waals surface area contributed by atoms with Gasteiger partial charge in [-0.05, 0) is 30.9 Å². The second-order valence-electron chi connectivity index (χ2n) is 4.43. The molecule has 1 aromatic carbocycles. The lowest BCUT2D eigenvalue weighted by molar-refractivity contribution is -0.122. The van der Waals surface area contributed by atoms with E-state index in [2.05, 4.69) is 10.6 Å². The Kier molecular flexibility index (Phi) is 4.87. The first kappa shape index (κ1) is 13.7. The molecule has 1 saturated heterocycles. The van der Waals surface area contributed by atoms with Gasteiger partial charge in [0.15, 0.2) is 0 Å². The van der Waals surface area contributed by atoms with Crippen LogP contribution in [0.3, 0.4) is 0 Å². The molecular weight excluding hydrogens is 271 g/mol. The van der Waals surface area contributed by atoms with Gasteiger partial charge in [0.2, 0.25) is 5.91 Å². The molecule has 1 atom stereocenters. The lowest BCUT2D eigenvalue weighted by Crippen LogP contribution is -2.42. The Morgan fingerprint density at radius 1 is 1.33 bits per heavy atom. The maximum absolute atomic E-state index is 11.8. The van der Waals surface area contributed by atoms with Crippen molar-refractivity contribution < 1.29 is 4.79 Å². The van der Waals surface area contributed by atoms with E-state index < -0.39 is 0 Å². The predicted octanol–water partition coefficient (Wildman–Crippen LogP) is 2.75. The zero-order valence-electron chi connectivity index (χ0n) is 10.0. The van der Waals surface area contributed by atoms with Crippen molar-refractivity contribution in [2.45, 2.75) is 31.8 Å². The van der Waals surface area contributed by atoms with Crippen LogP contribution in [0.2, 0.25) is 10.0 Å². The molecule has 1 aliphatic heterocycles. The van der Waals surface area contributed by atoms with Gasteiger partial charge in [0, 0.05) is 13.1 Å². The van der Waals surface area contributed by atoms with Crippen LogP contribution < -0.4 is 10.6 Å². The quantitative estimate of drug-likeness (QED) is 0.897. The minimum absolute atomic E-state index is 0.0747. The number of rotatable bonds is 3. The molecule has 1 fully saturated rings. The lowest BCUT2D eigenvalue weighted by atomic mass is 10.1. The van der Waals surface area contributed by atoms with Gasteiger partial charge in [-0.15, -0.1) is 0 Å². The summed E-state index contributed by atoms with van der Waals surface area (Å²) in [5.74, 6) is 0.0747. The predicted molar refractivity (Wildman–Crippen MR) is 74.0 cm³/mol. The van der Waals surface area contributed by atoms with E-state index in [9.17, 15) is 4.79 Å². The first-order chi connectivity index (χ1) is 8.68. The molecule has 5 heteroatoms. The summed E-state index contributed by atoms with van der Waals surface area (Å²) in [6.45, 7) is 1.33. The lowest BCUT2D eigenvalue weighted by Gasteiger charge is -2.16. The highest BCUT2D eigenvalue weighted by Gasteiger charge is 2.20. The number of amides is 1. The van der Waals surface area contributed by atoms with Crippen molar-refractivity contribution in [2.75, 3.05) is 6.54 Å². The number of hydrogen-bond acceptors (Lipinski definition) is 2. The molecule has 18 heavy (non-hydrogen) atoms. The highest BCUT2D eigenvalue weighted by atomic mass is 35.5. The number of hydrogen-bond donors (Lipinski definition) is 2. The molecule has 3 nitrogen and oxygen atoms in total. The largest absolute Gasteiger partial charge is 0.355 e. The Balaban J connectivity index is 1.98. The van der Waals surface area contributed by atoms with E-state index in [0.717, 1.165) is 31.4 Å². The molecule has 2 rings (SSSR count). The Morgan fingerprint density at radius 3 is 3.00 bits per heavy atom. The van der Waals surface area contributed by atoms with Crippen LogP contribution in [-0.2, 0) is 11.3 Å². The Bertz CT molecular complexity index is 437. The second kappa shape index (κ2) is 6.41. The first-order valence-corrected chi connectivity index (χ1v) is 6.88. The van der Waals surface area contributed by atoms with Gasteiger partial charge in [-0.2, -0.15) is 0 Å². The zero-order valence-corrected chi connectivity index (χ0v) is 11.5. The molecule has 0 aliphatic carbocycles. The SMILES string of the molecule is O=C1NCCCCC1NCc1cccc(Cl)c1Cl. The van der Waals surface area contributed by atoms with Gasteiger partial charge < -0.3 is 10.6 Å². The molecule has 1 amide bonds. The minimum atomic E-state index is -0.137. The molecule has 1 aromatic rings. The Labute approximate surface area is 117 Å². The summed E-state index contributed by atoms with van der Waals surface area (Å²) in [4.78, 5) is 11.8. The summed E-state index contributed by atoms with van der Waals surface area (Å²) in [6.07, 6.45) is 2.96. The standard InChI is InChI=1S/C13H16Cl2N2O/c14-10-5-3-4-9(12(10)15)8-17-11-6-1-2-7-16-13(11)18/h3-5,11,17H,1-2,6-8H2,(H,16,18). The normalized spacial score (nSPS) is 20.3. The van der Waals surface area contributed by atoms with E-state index in [1.54, 1.807) is 6.07 Å². The van der Waals surface area contributed by atoms with Crippen molar-refractivity contribution >= 4 is 29.1 Å². The van der Waals surface area contributed by atoms with E-state index in [0.29, 0.717) is 16.6 Å². The summed E-state index contributed by atoms with van der Waals surface area (Å²) in [7, 11) is 0. The van der Waals surface area contributed by atoms with E-state index in [1.165, 1.54) is 0 Å². The molecule has 0 aromatic heterocycles. The number of nitrogens with one attached hydrogen (secondary N) is 2. The summed E-state index contributed by atoms with van der Waals surface area (Å²) >= 11 is 12.1. The average molecular weight is 287 g/mol. The Morgan fingerprint density at radius 2 is 2.17 bits per heavy atom. The first-order valence-electron chi connectivity index (χ1n) is 6.12. The van der Waals surface area contributed by atoms with Crippen LogP contribution in [0.15, 0.2) is 18.2 Å². The average Bonchev–Trinajstić information content (AvgIpc) is 2.56. The number of carbonyl (C=O) groups is 1. The fourth-order valence-corrected chi connectivity index (χ4v) is 2.44. The van der Waals surface area contributed by atoms with Crippen molar-refractivity contribution in [3.63, 3.8) is 0 Å². The van der Waals surface area contributed by atoms with E-state index in [4.69, 9.17) is 23.2 Å². The van der Waals surface area contributed by atoms with Crippen LogP contribution in [0, 0.1) is 0 Å². The van der Waals surface area contributed by atoms with Crippen LogP contribution in [0.1, 0.15) is 24.8 Å². The van der Waals surface area contributed by atoms with Crippen LogP contribution in [0.25, 0.3) is 0 Å². The maximum Gasteiger partial charge on any atom is 0.237 e. The summed E-state index contributed by atoms with van der Waals surface area (Å²) in [5.41, 5.74) is 0.918. The molecule has 1 aliphatic rings. The minimum Gasteiger partial charge on any atom is -0.355 e. The van der Waals surface area contributed by atoms with E-state index in [-0.39, 0.29) is 11.9 Å². The topological polar surface area (TPSA) is 41.1 Å². The summed E-state index contributed by atoms with van der Waals surface area (Å²) < 4.78 is 0. The van der Waals surface area contributed by atoms with Crippen molar-refractivity contribution in [3.8, 4) is 0 Å². The maximum atomic E-state index is 11.8. The Hall–Kier alpha value is -0.770. The molecule has 1 unspecified atom stereocenters. The molecular formula is C13H16Cl2N2O. The van der Waals surface area contributed by atoms with Crippen molar-refractivity contribution in [3.05, 3.63) is 33.8 Å². The van der Waals surface area contributed by atoms with Gasteiger partial charge in [-0.3, -0.25) is 4.79 Å². The van der Waals surface area contributed by atoms with Crippen LogP contribution >= 0.6 is 23.2 Å². The van der Waals surface area contributed by atoms with Crippen LogP contribution in [0.4, 0.5) is 0 Å². The van der Waals surface area contributed by atoms with E-state index >= 15 is 0 Å². The number of benzene rings is 1. The van der Waals surface area contributed by atoms with Crippen molar-refractivity contribution in [1.82, 2.24) is 10.6 Å². The van der Waals surface area contributed by atoms with Crippen LogP contribution in [-0.4, -0.2) is 18.5 Å². The second-order valence-corrected chi connectivity index (χ2v) is 5.22. The van der Waals surface area contributed by atoms with Gasteiger partial charge in [0.1, 0.15) is 0 Å². The van der Waals surface area contributed by atoms with Gasteiger partial charge >= 0.3 is 0 Å².